The van der Waals surface area contributed by atoms with E-state index < -0.39 is 0 Å². The Balaban J connectivity index is 1.15. The van der Waals surface area contributed by atoms with E-state index >= 15 is 0 Å². The van der Waals surface area contributed by atoms with Crippen LogP contribution in [-0.4, -0.2) is 58.1 Å². The molecule has 8 nitrogen and oxygen atoms in total. The van der Waals surface area contributed by atoms with Crippen LogP contribution < -0.4 is 5.32 Å². The molecule has 2 aliphatic rings. The van der Waals surface area contributed by atoms with Gasteiger partial charge in [0.15, 0.2) is 0 Å². The van der Waals surface area contributed by atoms with Crippen LogP contribution in [0, 0.1) is 11.3 Å². The third kappa shape index (κ3) is 4.93. The monoisotopic (exact) mass is 496 g/mol. The number of nitrogens with one attached hydrogen (secondary N) is 1. The number of amides is 1. The number of thiophene rings is 2. The fraction of sp³-hybridized carbons (Fsp3) is 0.500. The molecule has 0 spiro atoms. The van der Waals surface area contributed by atoms with Gasteiger partial charge in [0.05, 0.1) is 18.2 Å². The van der Waals surface area contributed by atoms with Crippen LogP contribution in [0.2, 0.25) is 0 Å². The Kier molecular flexibility index (Phi) is 7.06. The maximum absolute atomic E-state index is 13.0. The van der Waals surface area contributed by atoms with Gasteiger partial charge in [-0.1, -0.05) is 11.6 Å². The lowest BCUT2D eigenvalue weighted by Gasteiger charge is -2.36. The minimum atomic E-state index is -0.260. The van der Waals surface area contributed by atoms with E-state index in [1.54, 1.807) is 22.7 Å². The number of hydrogen-bond acceptors (Lipinski definition) is 9. The van der Waals surface area contributed by atoms with Gasteiger partial charge in [-0.2, -0.15) is 21.6 Å². The zero-order valence-electron chi connectivity index (χ0n) is 19.2. The molecule has 0 saturated carbocycles. The molecular weight excluding hydrogens is 468 g/mol. The van der Waals surface area contributed by atoms with Crippen LogP contribution in [0.4, 0.5) is 5.00 Å². The molecule has 1 unspecified atom stereocenters. The molecule has 1 saturated heterocycles. The van der Waals surface area contributed by atoms with E-state index in [-0.39, 0.29) is 11.9 Å². The van der Waals surface area contributed by atoms with Gasteiger partial charge in [-0.05, 0) is 49.6 Å². The minimum Gasteiger partial charge on any atom is -0.338 e. The molecular formula is C24H28N6O2S2. The molecule has 3 aromatic rings. The van der Waals surface area contributed by atoms with Gasteiger partial charge in [-0.15, -0.1) is 11.3 Å². The Morgan fingerprint density at radius 1 is 1.26 bits per heavy atom. The van der Waals surface area contributed by atoms with Gasteiger partial charge in [-0.25, -0.2) is 0 Å². The molecule has 4 heterocycles. The SMILES string of the molecule is CC(C(=O)Nc1sc2c(c1C#N)CCCCC2)N1CCN(Cc2nc(-c3ccsc3)no2)CC1. The van der Waals surface area contributed by atoms with E-state index in [9.17, 15) is 10.1 Å². The normalized spacial score (nSPS) is 18.1. The molecule has 0 aromatic carbocycles. The highest BCUT2D eigenvalue weighted by Gasteiger charge is 2.28. The van der Waals surface area contributed by atoms with Crippen LogP contribution in [0.1, 0.15) is 48.1 Å². The zero-order chi connectivity index (χ0) is 23.5. The van der Waals surface area contributed by atoms with Gasteiger partial charge in [0, 0.05) is 42.0 Å². The highest BCUT2D eigenvalue weighted by Crippen LogP contribution is 2.37. The van der Waals surface area contributed by atoms with E-state index in [0.29, 0.717) is 23.8 Å². The fourth-order valence-electron chi connectivity index (χ4n) is 4.66. The van der Waals surface area contributed by atoms with Crippen molar-refractivity contribution in [1.29, 1.82) is 5.26 Å². The van der Waals surface area contributed by atoms with Crippen molar-refractivity contribution in [3.05, 3.63) is 38.7 Å². The zero-order valence-corrected chi connectivity index (χ0v) is 20.9. The van der Waals surface area contributed by atoms with E-state index in [1.807, 2.05) is 23.8 Å². The predicted octanol–water partition coefficient (Wildman–Crippen LogP) is 4.14. The average Bonchev–Trinajstić information content (AvgIpc) is 3.57. The van der Waals surface area contributed by atoms with Crippen LogP contribution in [-0.2, 0) is 24.2 Å². The quantitative estimate of drug-likeness (QED) is 0.512. The molecule has 0 radical (unpaired) electrons. The van der Waals surface area contributed by atoms with Crippen LogP contribution >= 0.6 is 22.7 Å². The molecule has 1 aliphatic heterocycles. The molecule has 1 fully saturated rings. The van der Waals surface area contributed by atoms with Gasteiger partial charge in [0.25, 0.3) is 0 Å². The largest absolute Gasteiger partial charge is 0.338 e. The van der Waals surface area contributed by atoms with Gasteiger partial charge in [-0.3, -0.25) is 14.6 Å². The van der Waals surface area contributed by atoms with Gasteiger partial charge < -0.3 is 9.84 Å². The molecule has 1 amide bonds. The van der Waals surface area contributed by atoms with E-state index in [4.69, 9.17) is 4.52 Å². The van der Waals surface area contributed by atoms with Crippen LogP contribution in [0.15, 0.2) is 21.3 Å². The highest BCUT2D eigenvalue weighted by molar-refractivity contribution is 7.16. The molecule has 178 valence electrons. The molecule has 3 aromatic heterocycles. The average molecular weight is 497 g/mol. The highest BCUT2D eigenvalue weighted by atomic mass is 32.1. The predicted molar refractivity (Wildman–Crippen MR) is 133 cm³/mol. The molecule has 0 bridgehead atoms. The van der Waals surface area contributed by atoms with E-state index in [2.05, 4.69) is 31.3 Å². The number of aryl methyl sites for hydroxylation is 1. The van der Waals surface area contributed by atoms with E-state index in [1.165, 1.54) is 11.3 Å². The summed E-state index contributed by atoms with van der Waals surface area (Å²) in [5.41, 5.74) is 2.81. The van der Waals surface area contributed by atoms with Gasteiger partial charge in [0.1, 0.15) is 11.1 Å². The molecule has 1 N–H and O–H groups in total. The van der Waals surface area contributed by atoms with Crippen molar-refractivity contribution in [3.8, 4) is 17.5 Å². The summed E-state index contributed by atoms with van der Waals surface area (Å²) in [6, 6.07) is 4.07. The lowest BCUT2D eigenvalue weighted by atomic mass is 10.1. The molecule has 34 heavy (non-hydrogen) atoms. The Morgan fingerprint density at radius 3 is 2.85 bits per heavy atom. The van der Waals surface area contributed by atoms with Crippen molar-refractivity contribution in [3.63, 3.8) is 0 Å². The van der Waals surface area contributed by atoms with E-state index in [0.717, 1.165) is 68.0 Å². The van der Waals surface area contributed by atoms with Crippen molar-refractivity contribution in [1.82, 2.24) is 19.9 Å². The summed E-state index contributed by atoms with van der Waals surface area (Å²) in [6.07, 6.45) is 5.43. The summed E-state index contributed by atoms with van der Waals surface area (Å²) >= 11 is 3.20. The third-order valence-corrected chi connectivity index (χ3v) is 8.60. The topological polar surface area (TPSA) is 98.3 Å². The molecule has 5 rings (SSSR count). The summed E-state index contributed by atoms with van der Waals surface area (Å²) in [5.74, 6) is 1.20. The standard InChI is InChI=1S/C24H28N6O2S2/c1-16(23(31)27-24-19(13-25)18-5-3-2-4-6-20(18)34-24)30-10-8-29(9-11-30)14-21-26-22(28-32-21)17-7-12-33-15-17/h7,12,15-16H,2-6,8-11,14H2,1H3,(H,27,31). The first kappa shape index (κ1) is 23.2. The van der Waals surface area contributed by atoms with Gasteiger partial charge >= 0.3 is 0 Å². The summed E-state index contributed by atoms with van der Waals surface area (Å²) in [5, 5.41) is 21.6. The number of nitrogens with zero attached hydrogens (tertiary/aromatic N) is 5. The minimum absolute atomic E-state index is 0.0429. The van der Waals surface area contributed by atoms with Crippen molar-refractivity contribution >= 4 is 33.6 Å². The maximum Gasteiger partial charge on any atom is 0.242 e. The van der Waals surface area contributed by atoms with Crippen LogP contribution in [0.25, 0.3) is 11.4 Å². The molecule has 1 atom stereocenters. The van der Waals surface area contributed by atoms with Crippen molar-refractivity contribution in [2.24, 2.45) is 0 Å². The molecule has 1 aliphatic carbocycles. The number of aromatic nitrogens is 2. The van der Waals surface area contributed by atoms with Gasteiger partial charge in [0.2, 0.25) is 17.6 Å². The number of rotatable bonds is 6. The summed E-state index contributed by atoms with van der Waals surface area (Å²) in [4.78, 5) is 23.3. The third-order valence-electron chi connectivity index (χ3n) is 6.71. The number of anilines is 1. The number of piperazine rings is 1. The molecule has 10 heteroatoms. The Bertz CT molecular complexity index is 1170. The summed E-state index contributed by atoms with van der Waals surface area (Å²) in [6.45, 7) is 5.77. The number of fused-ring (bicyclic) bond motifs is 1. The van der Waals surface area contributed by atoms with Crippen molar-refractivity contribution in [2.45, 2.75) is 51.6 Å². The smallest absolute Gasteiger partial charge is 0.242 e. The lowest BCUT2D eigenvalue weighted by Crippen LogP contribution is -2.52. The number of hydrogen-bond donors (Lipinski definition) is 1. The second kappa shape index (κ2) is 10.4. The Hall–Kier alpha value is -2.58. The number of carbonyl (C=O) groups is 1. The van der Waals surface area contributed by atoms with Crippen molar-refractivity contribution in [2.75, 3.05) is 31.5 Å². The number of nitriles is 1. The number of carbonyl (C=O) groups excluding carboxylic acids is 1. The second-order valence-corrected chi connectivity index (χ2v) is 10.8. The Labute approximate surface area is 207 Å². The lowest BCUT2D eigenvalue weighted by molar-refractivity contribution is -0.121. The fourth-order valence-corrected chi connectivity index (χ4v) is 6.54. The second-order valence-electron chi connectivity index (χ2n) is 8.88. The van der Waals surface area contributed by atoms with Crippen LogP contribution in [0.5, 0.6) is 0 Å². The van der Waals surface area contributed by atoms with Crippen molar-refractivity contribution < 1.29 is 9.32 Å². The summed E-state index contributed by atoms with van der Waals surface area (Å²) in [7, 11) is 0. The van der Waals surface area contributed by atoms with Crippen LogP contribution in [0.3, 0.4) is 0 Å². The first-order valence-electron chi connectivity index (χ1n) is 11.8. The maximum atomic E-state index is 13.0. The first-order chi connectivity index (χ1) is 16.6. The Morgan fingerprint density at radius 2 is 2.09 bits per heavy atom. The first-order valence-corrected chi connectivity index (χ1v) is 13.6. The summed E-state index contributed by atoms with van der Waals surface area (Å²) < 4.78 is 5.43.